The molecule has 0 radical (unpaired) electrons. The van der Waals surface area contributed by atoms with E-state index in [4.69, 9.17) is 19.6 Å². The van der Waals surface area contributed by atoms with Crippen molar-refractivity contribution in [3.05, 3.63) is 150 Å². The van der Waals surface area contributed by atoms with Gasteiger partial charge in [-0.15, -0.1) is 0 Å². The second-order valence-electron chi connectivity index (χ2n) is 11.6. The molecule has 0 saturated heterocycles. The van der Waals surface area contributed by atoms with E-state index in [0.717, 1.165) is 39.2 Å². The molecule has 242 valence electrons. The number of esters is 2. The summed E-state index contributed by atoms with van der Waals surface area (Å²) in [6.07, 6.45) is 5.25. The number of nitrogens with zero attached hydrogens (tertiary/aromatic N) is 4. The van der Waals surface area contributed by atoms with Crippen molar-refractivity contribution < 1.29 is 19.1 Å². The largest absolute Gasteiger partial charge is 0.465 e. The predicted octanol–water partition coefficient (Wildman–Crippen LogP) is 5.53. The lowest BCUT2D eigenvalue weighted by molar-refractivity contribution is -0.138. The van der Waals surface area contributed by atoms with Gasteiger partial charge in [0.25, 0.3) is 5.56 Å². The molecule has 9 nitrogen and oxygen atoms in total. The minimum atomic E-state index is -0.847. The van der Waals surface area contributed by atoms with Gasteiger partial charge in [-0.05, 0) is 74.7 Å². The summed E-state index contributed by atoms with van der Waals surface area (Å²) in [7, 11) is 1.31. The first kappa shape index (κ1) is 32.3. The van der Waals surface area contributed by atoms with Crippen molar-refractivity contribution in [3.63, 3.8) is 0 Å². The number of benzene rings is 3. The fourth-order valence-corrected chi connectivity index (χ4v) is 7.16. The molecule has 2 aromatic heterocycles. The van der Waals surface area contributed by atoms with E-state index in [1.807, 2.05) is 47.3 Å². The number of hydrogen-bond donors (Lipinski definition) is 0. The first-order chi connectivity index (χ1) is 23.1. The highest BCUT2D eigenvalue weighted by molar-refractivity contribution is 7.07. The molecule has 3 aromatic carbocycles. The van der Waals surface area contributed by atoms with Gasteiger partial charge in [-0.25, -0.2) is 19.3 Å². The highest BCUT2D eigenvalue weighted by atomic mass is 32.1. The van der Waals surface area contributed by atoms with E-state index in [1.54, 1.807) is 31.2 Å². The lowest BCUT2D eigenvalue weighted by Gasteiger charge is -2.24. The molecule has 0 N–H and O–H groups in total. The number of aromatic nitrogens is 3. The Hall–Kier alpha value is -5.61. The lowest BCUT2D eigenvalue weighted by Crippen LogP contribution is -2.40. The third-order valence-electron chi connectivity index (χ3n) is 8.19. The van der Waals surface area contributed by atoms with Crippen LogP contribution in [0.4, 0.5) is 0 Å². The van der Waals surface area contributed by atoms with Crippen LogP contribution < -0.4 is 14.9 Å². The fourth-order valence-electron chi connectivity index (χ4n) is 6.12. The van der Waals surface area contributed by atoms with Gasteiger partial charge in [0.05, 0.1) is 40.2 Å². The molecule has 0 amide bonds. The van der Waals surface area contributed by atoms with Crippen LogP contribution in [0.25, 0.3) is 23.0 Å². The molecule has 48 heavy (non-hydrogen) atoms. The van der Waals surface area contributed by atoms with Gasteiger partial charge in [-0.1, -0.05) is 72.0 Å². The summed E-state index contributed by atoms with van der Waals surface area (Å²) >= 11 is 1.24. The van der Waals surface area contributed by atoms with Crippen molar-refractivity contribution in [2.45, 2.75) is 33.7 Å². The number of fused-ring (bicyclic) bond motifs is 1. The molecule has 1 unspecified atom stereocenters. The molecule has 0 spiro atoms. The molecule has 1 atom stereocenters. The third kappa shape index (κ3) is 5.98. The standard InChI is InChI=1S/C38H34N4O5S/c1-7-17-47-37(45)32-25(5)39-38-42(34(32)26-13-15-27(16-14-26)36(44)46-6)35(43)30(48-38)20-28-21-41(29-11-9-8-10-12-29)40-33(28)31-23(3)18-22(2)19-24(31)4/h7-16,18-21,34H,1,17H2,2-6H3. The maximum Gasteiger partial charge on any atom is 0.338 e. The van der Waals surface area contributed by atoms with Crippen molar-refractivity contribution >= 4 is 29.4 Å². The minimum Gasteiger partial charge on any atom is -0.465 e. The fraction of sp³-hybridized carbons (Fsp3) is 0.184. The Balaban J connectivity index is 1.57. The summed E-state index contributed by atoms with van der Waals surface area (Å²) in [5.74, 6) is -1.10. The number of carbonyl (C=O) groups excluding carboxylic acids is 2. The van der Waals surface area contributed by atoms with Gasteiger partial charge in [0, 0.05) is 17.3 Å². The van der Waals surface area contributed by atoms with Gasteiger partial charge in [0.1, 0.15) is 12.3 Å². The highest BCUT2D eigenvalue weighted by Crippen LogP contribution is 2.33. The third-order valence-corrected chi connectivity index (χ3v) is 9.17. The summed E-state index contributed by atoms with van der Waals surface area (Å²) in [6, 6.07) is 19.8. The average Bonchev–Trinajstić information content (AvgIpc) is 3.62. The minimum absolute atomic E-state index is 0.0000566. The molecule has 0 fully saturated rings. The molecule has 1 aliphatic heterocycles. The molecule has 3 heterocycles. The Morgan fingerprint density at radius 2 is 1.67 bits per heavy atom. The van der Waals surface area contributed by atoms with Gasteiger partial charge in [-0.3, -0.25) is 9.36 Å². The van der Waals surface area contributed by atoms with E-state index in [-0.39, 0.29) is 17.7 Å². The van der Waals surface area contributed by atoms with Crippen LogP contribution in [0, 0.1) is 20.8 Å². The quantitative estimate of drug-likeness (QED) is 0.161. The van der Waals surface area contributed by atoms with Crippen LogP contribution in [-0.2, 0) is 14.3 Å². The van der Waals surface area contributed by atoms with Crippen LogP contribution in [0.2, 0.25) is 0 Å². The average molecular weight is 659 g/mol. The van der Waals surface area contributed by atoms with Crippen LogP contribution in [0.3, 0.4) is 0 Å². The van der Waals surface area contributed by atoms with E-state index >= 15 is 0 Å². The van der Waals surface area contributed by atoms with E-state index in [0.29, 0.717) is 26.2 Å². The van der Waals surface area contributed by atoms with Crippen LogP contribution in [-0.4, -0.2) is 40.0 Å². The Bertz CT molecular complexity index is 2270. The maximum absolute atomic E-state index is 14.4. The number of methoxy groups -OCH3 is 1. The van der Waals surface area contributed by atoms with Crippen molar-refractivity contribution in [3.8, 4) is 16.9 Å². The number of ether oxygens (including phenoxy) is 2. The van der Waals surface area contributed by atoms with E-state index < -0.39 is 18.0 Å². The lowest BCUT2D eigenvalue weighted by atomic mass is 9.95. The molecule has 10 heteroatoms. The molecule has 0 saturated carbocycles. The zero-order valence-electron chi connectivity index (χ0n) is 27.3. The number of carbonyl (C=O) groups is 2. The molecular formula is C38H34N4O5S. The Morgan fingerprint density at radius 3 is 2.31 bits per heavy atom. The van der Waals surface area contributed by atoms with Gasteiger partial charge in [0.15, 0.2) is 4.80 Å². The van der Waals surface area contributed by atoms with Gasteiger partial charge in [-0.2, -0.15) is 5.10 Å². The smallest absolute Gasteiger partial charge is 0.338 e. The summed E-state index contributed by atoms with van der Waals surface area (Å²) in [5.41, 5.74) is 8.00. The number of para-hydroxylation sites is 1. The first-order valence-electron chi connectivity index (χ1n) is 15.3. The summed E-state index contributed by atoms with van der Waals surface area (Å²) < 4.78 is 14.1. The Kier molecular flexibility index (Phi) is 8.92. The van der Waals surface area contributed by atoms with Crippen molar-refractivity contribution in [2.75, 3.05) is 13.7 Å². The predicted molar refractivity (Wildman–Crippen MR) is 186 cm³/mol. The van der Waals surface area contributed by atoms with Gasteiger partial charge >= 0.3 is 11.9 Å². The zero-order valence-corrected chi connectivity index (χ0v) is 28.1. The molecular weight excluding hydrogens is 625 g/mol. The molecule has 6 rings (SSSR count). The van der Waals surface area contributed by atoms with Crippen molar-refractivity contribution in [1.82, 2.24) is 14.3 Å². The number of thiazole rings is 1. The molecule has 0 bridgehead atoms. The molecule has 1 aliphatic rings. The summed E-state index contributed by atoms with van der Waals surface area (Å²) in [6.45, 7) is 11.6. The van der Waals surface area contributed by atoms with Crippen molar-refractivity contribution in [1.29, 1.82) is 0 Å². The monoisotopic (exact) mass is 658 g/mol. The topological polar surface area (TPSA) is 105 Å². The van der Waals surface area contributed by atoms with Gasteiger partial charge in [0.2, 0.25) is 0 Å². The Morgan fingerprint density at radius 1 is 0.979 bits per heavy atom. The number of hydrogen-bond acceptors (Lipinski definition) is 8. The summed E-state index contributed by atoms with van der Waals surface area (Å²) in [5, 5.41) is 5.02. The zero-order chi connectivity index (χ0) is 34.1. The normalized spacial score (nSPS) is 14.4. The van der Waals surface area contributed by atoms with Crippen molar-refractivity contribution in [2.24, 2.45) is 4.99 Å². The second kappa shape index (κ2) is 13.2. The van der Waals surface area contributed by atoms with Crippen LogP contribution in [0.1, 0.15) is 51.1 Å². The SMILES string of the molecule is C=CCOC(=O)C1=C(C)N=c2sc(=Cc3cn(-c4ccccc4)nc3-c3c(C)cc(C)cc3C)c(=O)n2C1c1ccc(C(=O)OC)cc1. The number of aryl methyl sites for hydroxylation is 3. The van der Waals surface area contributed by atoms with Gasteiger partial charge < -0.3 is 9.47 Å². The Labute approximate surface area is 281 Å². The first-order valence-corrected chi connectivity index (χ1v) is 16.1. The highest BCUT2D eigenvalue weighted by Gasteiger charge is 2.33. The molecule has 0 aliphatic carbocycles. The van der Waals surface area contributed by atoms with Crippen LogP contribution >= 0.6 is 11.3 Å². The van der Waals surface area contributed by atoms with E-state index in [2.05, 4.69) is 39.5 Å². The summed E-state index contributed by atoms with van der Waals surface area (Å²) in [4.78, 5) is 45.1. The van der Waals surface area contributed by atoms with E-state index in [9.17, 15) is 14.4 Å². The molecule has 5 aromatic rings. The van der Waals surface area contributed by atoms with Crippen LogP contribution in [0.15, 0.2) is 107 Å². The number of rotatable bonds is 8. The maximum atomic E-state index is 14.4. The van der Waals surface area contributed by atoms with Crippen LogP contribution in [0.5, 0.6) is 0 Å². The van der Waals surface area contributed by atoms with E-state index in [1.165, 1.54) is 29.1 Å². The number of allylic oxidation sites excluding steroid dienone is 1. The second-order valence-corrected chi connectivity index (χ2v) is 12.6.